The average Bonchev–Trinajstić information content (AvgIpc) is 3.14. The van der Waals surface area contributed by atoms with Gasteiger partial charge in [-0.05, 0) is 33.6 Å². The molecule has 0 amide bonds. The van der Waals surface area contributed by atoms with E-state index in [0.29, 0.717) is 6.54 Å². The Morgan fingerprint density at radius 1 is 1.26 bits per heavy atom. The van der Waals surface area contributed by atoms with Crippen LogP contribution in [0.1, 0.15) is 5.56 Å². The van der Waals surface area contributed by atoms with E-state index in [1.807, 2.05) is 35.3 Å². The van der Waals surface area contributed by atoms with Crippen molar-refractivity contribution in [1.29, 1.82) is 0 Å². The Labute approximate surface area is 144 Å². The Morgan fingerprint density at radius 3 is 3.09 bits per heavy atom. The SMILES string of the molecule is Brc1cnc2nc(Nc3cnn(Cc4cccnc4)c3)sc2c1. The lowest BCUT2D eigenvalue weighted by Gasteiger charge is -2.00. The minimum Gasteiger partial charge on any atom is -0.329 e. The van der Waals surface area contributed by atoms with Crippen LogP contribution in [0.25, 0.3) is 10.3 Å². The largest absolute Gasteiger partial charge is 0.329 e. The molecule has 0 spiro atoms. The van der Waals surface area contributed by atoms with Gasteiger partial charge in [0, 0.05) is 29.3 Å². The van der Waals surface area contributed by atoms with Crippen LogP contribution in [-0.4, -0.2) is 24.7 Å². The lowest BCUT2D eigenvalue weighted by molar-refractivity contribution is 0.685. The van der Waals surface area contributed by atoms with E-state index in [9.17, 15) is 0 Å². The van der Waals surface area contributed by atoms with Crippen LogP contribution in [0, 0.1) is 0 Å². The molecule has 0 unspecified atom stereocenters. The molecule has 0 bridgehead atoms. The molecule has 4 aromatic heterocycles. The topological polar surface area (TPSA) is 68.5 Å². The molecule has 6 nitrogen and oxygen atoms in total. The van der Waals surface area contributed by atoms with Crippen LogP contribution in [0.5, 0.6) is 0 Å². The molecule has 0 saturated carbocycles. The molecule has 0 fully saturated rings. The monoisotopic (exact) mass is 386 g/mol. The van der Waals surface area contributed by atoms with Crippen molar-refractivity contribution in [3.8, 4) is 0 Å². The van der Waals surface area contributed by atoms with Gasteiger partial charge in [-0.3, -0.25) is 9.67 Å². The molecule has 114 valence electrons. The van der Waals surface area contributed by atoms with Gasteiger partial charge in [-0.15, -0.1) is 0 Å². The number of fused-ring (bicyclic) bond motifs is 1. The molecular weight excluding hydrogens is 376 g/mol. The molecule has 0 aliphatic rings. The van der Waals surface area contributed by atoms with Gasteiger partial charge < -0.3 is 5.32 Å². The molecule has 4 aromatic rings. The van der Waals surface area contributed by atoms with Crippen LogP contribution in [0.2, 0.25) is 0 Å². The number of pyridine rings is 2. The summed E-state index contributed by atoms with van der Waals surface area (Å²) in [5, 5.41) is 8.43. The van der Waals surface area contributed by atoms with Gasteiger partial charge in [-0.2, -0.15) is 10.1 Å². The highest BCUT2D eigenvalue weighted by atomic mass is 79.9. The molecule has 0 radical (unpaired) electrons. The fourth-order valence-corrected chi connectivity index (χ4v) is 3.53. The van der Waals surface area contributed by atoms with Crippen molar-refractivity contribution in [3.05, 3.63) is 59.2 Å². The van der Waals surface area contributed by atoms with Crippen molar-refractivity contribution >= 4 is 48.4 Å². The van der Waals surface area contributed by atoms with Crippen molar-refractivity contribution in [2.24, 2.45) is 0 Å². The number of aromatic nitrogens is 5. The molecule has 0 saturated heterocycles. The second kappa shape index (κ2) is 6.05. The summed E-state index contributed by atoms with van der Waals surface area (Å²) in [6.45, 7) is 0.684. The zero-order valence-electron chi connectivity index (χ0n) is 11.8. The maximum absolute atomic E-state index is 4.47. The van der Waals surface area contributed by atoms with E-state index in [1.165, 1.54) is 0 Å². The van der Waals surface area contributed by atoms with E-state index >= 15 is 0 Å². The zero-order valence-corrected chi connectivity index (χ0v) is 14.3. The summed E-state index contributed by atoms with van der Waals surface area (Å²) in [5.41, 5.74) is 2.74. The number of anilines is 2. The van der Waals surface area contributed by atoms with Crippen LogP contribution >= 0.6 is 27.3 Å². The van der Waals surface area contributed by atoms with Crippen LogP contribution in [0.3, 0.4) is 0 Å². The molecular formula is C15H11BrN6S. The van der Waals surface area contributed by atoms with Crippen molar-refractivity contribution in [2.75, 3.05) is 5.32 Å². The molecule has 4 rings (SSSR count). The Balaban J connectivity index is 1.52. The smallest absolute Gasteiger partial charge is 0.189 e. The van der Waals surface area contributed by atoms with Crippen LogP contribution in [0.4, 0.5) is 10.8 Å². The first kappa shape index (κ1) is 14.3. The number of hydrogen-bond donors (Lipinski definition) is 1. The Hall–Kier alpha value is -2.32. The van der Waals surface area contributed by atoms with Gasteiger partial charge in [0.15, 0.2) is 10.8 Å². The van der Waals surface area contributed by atoms with E-state index in [-0.39, 0.29) is 0 Å². The van der Waals surface area contributed by atoms with E-state index in [2.05, 4.69) is 41.3 Å². The first-order chi connectivity index (χ1) is 11.3. The predicted molar refractivity (Wildman–Crippen MR) is 94.0 cm³/mol. The number of nitrogens with zero attached hydrogens (tertiary/aromatic N) is 5. The molecule has 1 N–H and O–H groups in total. The van der Waals surface area contributed by atoms with Gasteiger partial charge >= 0.3 is 0 Å². The highest BCUT2D eigenvalue weighted by Gasteiger charge is 2.07. The first-order valence-electron chi connectivity index (χ1n) is 6.87. The summed E-state index contributed by atoms with van der Waals surface area (Å²) >= 11 is 4.98. The van der Waals surface area contributed by atoms with Gasteiger partial charge in [-0.25, -0.2) is 4.98 Å². The second-order valence-electron chi connectivity index (χ2n) is 4.91. The van der Waals surface area contributed by atoms with Crippen LogP contribution in [-0.2, 0) is 6.54 Å². The van der Waals surface area contributed by atoms with Crippen LogP contribution < -0.4 is 5.32 Å². The van der Waals surface area contributed by atoms with E-state index < -0.39 is 0 Å². The fourth-order valence-electron chi connectivity index (χ4n) is 2.17. The molecule has 0 atom stereocenters. The second-order valence-corrected chi connectivity index (χ2v) is 6.85. The molecule has 23 heavy (non-hydrogen) atoms. The molecule has 0 aliphatic carbocycles. The number of thiazole rings is 1. The predicted octanol–water partition coefficient (Wildman–Crippen LogP) is 3.84. The first-order valence-corrected chi connectivity index (χ1v) is 8.48. The standard InChI is InChI=1S/C15H11BrN6S/c16-11-4-13-14(18-6-11)21-15(23-13)20-12-7-19-22(9-12)8-10-2-1-3-17-5-10/h1-7,9H,8H2,(H,18,20,21). The minimum atomic E-state index is 0.684. The van der Waals surface area contributed by atoms with Crippen molar-refractivity contribution in [1.82, 2.24) is 24.7 Å². The number of hydrogen-bond acceptors (Lipinski definition) is 6. The van der Waals surface area contributed by atoms with E-state index in [1.54, 1.807) is 29.9 Å². The summed E-state index contributed by atoms with van der Waals surface area (Å²) in [4.78, 5) is 12.9. The van der Waals surface area contributed by atoms with Gasteiger partial charge in [0.1, 0.15) is 0 Å². The zero-order chi connectivity index (χ0) is 15.6. The maximum Gasteiger partial charge on any atom is 0.189 e. The summed E-state index contributed by atoms with van der Waals surface area (Å²) in [7, 11) is 0. The lowest BCUT2D eigenvalue weighted by atomic mass is 10.3. The van der Waals surface area contributed by atoms with Gasteiger partial charge in [0.05, 0.1) is 23.1 Å². The van der Waals surface area contributed by atoms with Gasteiger partial charge in [0.25, 0.3) is 0 Å². The molecule has 4 heterocycles. The average molecular weight is 387 g/mol. The highest BCUT2D eigenvalue weighted by Crippen LogP contribution is 2.28. The molecule has 0 aliphatic heterocycles. The fraction of sp³-hybridized carbons (Fsp3) is 0.0667. The van der Waals surface area contributed by atoms with Gasteiger partial charge in [-0.1, -0.05) is 17.4 Å². The molecule has 0 aromatic carbocycles. The number of nitrogens with one attached hydrogen (secondary N) is 1. The van der Waals surface area contributed by atoms with E-state index in [4.69, 9.17) is 0 Å². The van der Waals surface area contributed by atoms with E-state index in [0.717, 1.165) is 31.2 Å². The summed E-state index contributed by atoms with van der Waals surface area (Å²) in [5.74, 6) is 0. The number of halogens is 1. The highest BCUT2D eigenvalue weighted by molar-refractivity contribution is 9.10. The number of rotatable bonds is 4. The Bertz CT molecular complexity index is 949. The Morgan fingerprint density at radius 2 is 2.22 bits per heavy atom. The summed E-state index contributed by atoms with van der Waals surface area (Å²) in [6, 6.07) is 5.96. The normalized spacial score (nSPS) is 11.0. The lowest BCUT2D eigenvalue weighted by Crippen LogP contribution is -1.99. The quantitative estimate of drug-likeness (QED) is 0.576. The molecule has 8 heteroatoms. The summed E-state index contributed by atoms with van der Waals surface area (Å²) in [6.07, 6.45) is 9.08. The summed E-state index contributed by atoms with van der Waals surface area (Å²) < 4.78 is 3.84. The Kier molecular flexibility index (Phi) is 3.76. The van der Waals surface area contributed by atoms with Crippen molar-refractivity contribution in [2.45, 2.75) is 6.54 Å². The third-order valence-electron chi connectivity index (χ3n) is 3.17. The maximum atomic E-state index is 4.47. The minimum absolute atomic E-state index is 0.684. The third-order valence-corrected chi connectivity index (χ3v) is 4.51. The van der Waals surface area contributed by atoms with Crippen LogP contribution in [0.15, 0.2) is 53.7 Å². The van der Waals surface area contributed by atoms with Gasteiger partial charge in [0.2, 0.25) is 0 Å². The van der Waals surface area contributed by atoms with Crippen molar-refractivity contribution < 1.29 is 0 Å². The third kappa shape index (κ3) is 3.22. The van der Waals surface area contributed by atoms with Crippen molar-refractivity contribution in [3.63, 3.8) is 0 Å².